The fraction of sp³-hybridized carbons (Fsp3) is 0.333. The molecular weight excluding hydrogens is 286 g/mol. The third kappa shape index (κ3) is 4.66. The second-order valence-corrected chi connectivity index (χ2v) is 5.38. The Balaban J connectivity index is 1.81. The molecule has 19 heavy (non-hydrogen) atoms. The monoisotopic (exact) mass is 299 g/mol. The molecule has 1 N–H and O–H groups in total. The number of nitrogens with zero attached hydrogens (tertiary/aromatic N) is 2. The quantitative estimate of drug-likeness (QED) is 0.797. The summed E-state index contributed by atoms with van der Waals surface area (Å²) in [5.41, 5.74) is 0.908. The average molecular weight is 300 g/mol. The summed E-state index contributed by atoms with van der Waals surface area (Å²) >= 11 is 7.27. The molecule has 0 amide bonds. The van der Waals surface area contributed by atoms with E-state index in [4.69, 9.17) is 21.1 Å². The summed E-state index contributed by atoms with van der Waals surface area (Å²) in [6.07, 6.45) is 3.37. The van der Waals surface area contributed by atoms with E-state index in [1.165, 1.54) is 11.3 Å². The van der Waals surface area contributed by atoms with Gasteiger partial charge in [-0.1, -0.05) is 11.6 Å². The van der Waals surface area contributed by atoms with E-state index >= 15 is 0 Å². The van der Waals surface area contributed by atoms with Crippen molar-refractivity contribution in [2.45, 2.75) is 6.54 Å². The highest BCUT2D eigenvalue weighted by Crippen LogP contribution is 2.19. The Hall–Kier alpha value is -1.37. The lowest BCUT2D eigenvalue weighted by Gasteiger charge is -2.06. The van der Waals surface area contributed by atoms with E-state index in [1.54, 1.807) is 19.5 Å². The van der Waals surface area contributed by atoms with Crippen LogP contribution in [0.1, 0.15) is 5.01 Å². The molecule has 0 unspecified atom stereocenters. The maximum atomic E-state index is 5.81. The Labute approximate surface area is 120 Å². The fourth-order valence-electron chi connectivity index (χ4n) is 1.35. The van der Waals surface area contributed by atoms with Crippen LogP contribution >= 0.6 is 22.9 Å². The third-order valence-electron chi connectivity index (χ3n) is 2.24. The Morgan fingerprint density at radius 2 is 2.16 bits per heavy atom. The number of aromatic nitrogens is 2. The first-order chi connectivity index (χ1) is 9.28. The zero-order chi connectivity index (χ0) is 13.5. The summed E-state index contributed by atoms with van der Waals surface area (Å²) in [4.78, 5) is 8.35. The van der Waals surface area contributed by atoms with E-state index in [1.807, 2.05) is 12.1 Å². The van der Waals surface area contributed by atoms with Crippen molar-refractivity contribution in [3.63, 3.8) is 0 Å². The lowest BCUT2D eigenvalue weighted by molar-refractivity contribution is 0.144. The number of halogens is 1. The molecule has 0 radical (unpaired) electrons. The van der Waals surface area contributed by atoms with Gasteiger partial charge in [-0.3, -0.25) is 0 Å². The molecule has 0 aliphatic rings. The number of nitrogens with one attached hydrogen (secondary N) is 1. The van der Waals surface area contributed by atoms with Crippen molar-refractivity contribution < 1.29 is 9.47 Å². The molecule has 0 saturated heterocycles. The molecule has 0 aliphatic carbocycles. The molecule has 2 aromatic rings. The molecule has 0 aliphatic heterocycles. The highest BCUT2D eigenvalue weighted by atomic mass is 35.5. The van der Waals surface area contributed by atoms with Crippen molar-refractivity contribution in [1.82, 2.24) is 9.97 Å². The fourth-order valence-corrected chi connectivity index (χ4v) is 2.24. The van der Waals surface area contributed by atoms with Crippen molar-refractivity contribution in [2.24, 2.45) is 0 Å². The number of hydrogen-bond acceptors (Lipinski definition) is 6. The number of methoxy groups -OCH3 is 1. The van der Waals surface area contributed by atoms with Crippen LogP contribution in [0.15, 0.2) is 24.5 Å². The van der Waals surface area contributed by atoms with E-state index in [0.717, 1.165) is 10.7 Å². The van der Waals surface area contributed by atoms with Gasteiger partial charge in [-0.05, 0) is 6.07 Å². The Morgan fingerprint density at radius 3 is 2.79 bits per heavy atom. The van der Waals surface area contributed by atoms with Crippen molar-refractivity contribution in [3.8, 4) is 5.88 Å². The first kappa shape index (κ1) is 14.0. The van der Waals surface area contributed by atoms with Crippen LogP contribution in [0.25, 0.3) is 0 Å². The van der Waals surface area contributed by atoms with Crippen LogP contribution in [0.4, 0.5) is 5.69 Å². The molecular formula is C12H14ClN3O2S. The molecule has 2 heterocycles. The zero-order valence-electron chi connectivity index (χ0n) is 10.4. The van der Waals surface area contributed by atoms with Crippen LogP contribution in [0.3, 0.4) is 0 Å². The second kappa shape index (κ2) is 7.28. The van der Waals surface area contributed by atoms with Gasteiger partial charge < -0.3 is 14.8 Å². The predicted molar refractivity (Wildman–Crippen MR) is 76.1 cm³/mol. The predicted octanol–water partition coefficient (Wildman–Crippen LogP) is 2.83. The van der Waals surface area contributed by atoms with Crippen LogP contribution in [0.2, 0.25) is 4.34 Å². The molecule has 5 nitrogen and oxygen atoms in total. The van der Waals surface area contributed by atoms with Crippen LogP contribution in [0, 0.1) is 0 Å². The SMILES string of the molecule is COCCOc1ccc(NCc2ncc(Cl)s2)cn1. The number of rotatable bonds is 7. The normalized spacial score (nSPS) is 10.4. The molecule has 0 spiro atoms. The van der Waals surface area contributed by atoms with Crippen molar-refractivity contribution >= 4 is 28.6 Å². The maximum absolute atomic E-state index is 5.81. The average Bonchev–Trinajstić information content (AvgIpc) is 2.84. The van der Waals surface area contributed by atoms with Gasteiger partial charge in [0, 0.05) is 13.2 Å². The van der Waals surface area contributed by atoms with E-state index in [9.17, 15) is 0 Å². The minimum atomic E-state index is 0.494. The number of pyridine rings is 1. The van der Waals surface area contributed by atoms with Crippen LogP contribution in [0.5, 0.6) is 5.88 Å². The summed E-state index contributed by atoms with van der Waals surface area (Å²) in [5, 5.41) is 4.15. The Bertz CT molecular complexity index is 504. The highest BCUT2D eigenvalue weighted by Gasteiger charge is 2.01. The van der Waals surface area contributed by atoms with Crippen LogP contribution in [-0.2, 0) is 11.3 Å². The van der Waals surface area contributed by atoms with Gasteiger partial charge in [0.1, 0.15) is 16.0 Å². The molecule has 2 rings (SSSR count). The van der Waals surface area contributed by atoms with E-state index in [2.05, 4.69) is 15.3 Å². The van der Waals surface area contributed by atoms with Crippen LogP contribution in [-0.4, -0.2) is 30.3 Å². The lowest BCUT2D eigenvalue weighted by atomic mass is 10.4. The van der Waals surface area contributed by atoms with Gasteiger partial charge in [0.15, 0.2) is 0 Å². The van der Waals surface area contributed by atoms with Gasteiger partial charge in [-0.25, -0.2) is 9.97 Å². The zero-order valence-corrected chi connectivity index (χ0v) is 12.0. The van der Waals surface area contributed by atoms with Crippen LogP contribution < -0.4 is 10.1 Å². The smallest absolute Gasteiger partial charge is 0.213 e. The van der Waals surface area contributed by atoms with Gasteiger partial charge in [0.2, 0.25) is 5.88 Å². The molecule has 0 aromatic carbocycles. The summed E-state index contributed by atoms with van der Waals surface area (Å²) < 4.78 is 11.0. The summed E-state index contributed by atoms with van der Waals surface area (Å²) in [6.45, 7) is 1.67. The number of hydrogen-bond donors (Lipinski definition) is 1. The first-order valence-corrected chi connectivity index (χ1v) is 6.89. The standard InChI is InChI=1S/C12H14ClN3O2S/c1-17-4-5-18-11-3-2-9(6-15-11)14-8-12-16-7-10(13)19-12/h2-3,6-7,14H,4-5,8H2,1H3. The molecule has 0 atom stereocenters. The Kier molecular flexibility index (Phi) is 5.38. The third-order valence-corrected chi connectivity index (χ3v) is 3.36. The number of thiazole rings is 1. The van der Waals surface area contributed by atoms with Gasteiger partial charge in [-0.15, -0.1) is 11.3 Å². The van der Waals surface area contributed by atoms with Crippen molar-refractivity contribution in [3.05, 3.63) is 33.9 Å². The molecule has 102 valence electrons. The molecule has 2 aromatic heterocycles. The first-order valence-electron chi connectivity index (χ1n) is 5.70. The van der Waals surface area contributed by atoms with Gasteiger partial charge in [-0.2, -0.15) is 0 Å². The second-order valence-electron chi connectivity index (χ2n) is 3.64. The van der Waals surface area contributed by atoms with E-state index < -0.39 is 0 Å². The van der Waals surface area contributed by atoms with Gasteiger partial charge in [0.05, 0.1) is 31.2 Å². The summed E-state index contributed by atoms with van der Waals surface area (Å²) in [5.74, 6) is 0.583. The van der Waals surface area contributed by atoms with E-state index in [-0.39, 0.29) is 0 Å². The topological polar surface area (TPSA) is 56.3 Å². The molecule has 0 saturated carbocycles. The highest BCUT2D eigenvalue weighted by molar-refractivity contribution is 7.15. The van der Waals surface area contributed by atoms with Crippen molar-refractivity contribution in [2.75, 3.05) is 25.6 Å². The molecule has 0 fully saturated rings. The minimum Gasteiger partial charge on any atom is -0.475 e. The molecule has 7 heteroatoms. The summed E-state index contributed by atoms with van der Waals surface area (Å²) in [7, 11) is 1.63. The molecule has 0 bridgehead atoms. The lowest BCUT2D eigenvalue weighted by Crippen LogP contribution is -2.05. The van der Waals surface area contributed by atoms with Crippen molar-refractivity contribution in [1.29, 1.82) is 0 Å². The summed E-state index contributed by atoms with van der Waals surface area (Å²) in [6, 6.07) is 3.72. The maximum Gasteiger partial charge on any atom is 0.213 e. The van der Waals surface area contributed by atoms with Gasteiger partial charge in [0.25, 0.3) is 0 Å². The minimum absolute atomic E-state index is 0.494. The number of ether oxygens (including phenoxy) is 2. The Morgan fingerprint density at radius 1 is 1.26 bits per heavy atom. The largest absolute Gasteiger partial charge is 0.475 e. The van der Waals surface area contributed by atoms with Gasteiger partial charge >= 0.3 is 0 Å². The van der Waals surface area contributed by atoms with E-state index in [0.29, 0.717) is 30.0 Å². The number of anilines is 1.